The van der Waals surface area contributed by atoms with Gasteiger partial charge in [0.1, 0.15) is 11.3 Å². The molecule has 4 nitrogen and oxygen atoms in total. The third kappa shape index (κ3) is 5.18. The molecule has 0 spiro atoms. The number of hydrogen-bond acceptors (Lipinski definition) is 4. The van der Waals surface area contributed by atoms with E-state index in [9.17, 15) is 4.79 Å². The van der Waals surface area contributed by atoms with E-state index in [0.717, 1.165) is 6.42 Å². The Morgan fingerprint density at radius 2 is 1.81 bits per heavy atom. The summed E-state index contributed by atoms with van der Waals surface area (Å²) in [6.07, 6.45) is 1.21. The van der Waals surface area contributed by atoms with Crippen molar-refractivity contribution in [2.24, 2.45) is 0 Å². The molecule has 1 rings (SSSR count). The van der Waals surface area contributed by atoms with Gasteiger partial charge in [0, 0.05) is 12.5 Å². The Labute approximate surface area is 148 Å². The Morgan fingerprint density at radius 3 is 2.24 bits per heavy atom. The molecular formula is C14H21BrLiO4P. The maximum absolute atomic E-state index is 12.5. The van der Waals surface area contributed by atoms with Gasteiger partial charge in [-0.25, -0.2) is 0 Å². The molecular weight excluding hydrogens is 350 g/mol. The van der Waals surface area contributed by atoms with E-state index in [1.165, 1.54) is 21.3 Å². The van der Waals surface area contributed by atoms with Crippen LogP contribution in [0.2, 0.25) is 0 Å². The SMILES string of the molecule is COc1cc(Br)c(OC)c(C(=O)CCC(C)P)c1OC.[LiH]. The van der Waals surface area contributed by atoms with Crippen LogP contribution in [0.5, 0.6) is 17.2 Å². The third-order valence-electron chi connectivity index (χ3n) is 2.89. The molecule has 0 aliphatic heterocycles. The van der Waals surface area contributed by atoms with Gasteiger partial charge in [0.05, 0.1) is 25.8 Å². The third-order valence-corrected chi connectivity index (χ3v) is 3.81. The Hall–Kier alpha value is -0.203. The van der Waals surface area contributed by atoms with Crippen LogP contribution >= 0.6 is 25.2 Å². The molecule has 0 saturated carbocycles. The van der Waals surface area contributed by atoms with Crippen molar-refractivity contribution in [1.29, 1.82) is 0 Å². The zero-order valence-corrected chi connectivity index (χ0v) is 14.9. The monoisotopic (exact) mass is 370 g/mol. The molecule has 0 aromatic heterocycles. The number of carbonyl (C=O) groups is 1. The van der Waals surface area contributed by atoms with Crippen LogP contribution < -0.4 is 14.2 Å². The molecule has 0 radical (unpaired) electrons. The fourth-order valence-electron chi connectivity index (χ4n) is 1.88. The van der Waals surface area contributed by atoms with Crippen LogP contribution in [0.25, 0.3) is 0 Å². The molecule has 7 heteroatoms. The van der Waals surface area contributed by atoms with Crippen LogP contribution in [0.4, 0.5) is 0 Å². The normalized spacial score (nSPS) is 11.3. The van der Waals surface area contributed by atoms with Gasteiger partial charge in [-0.15, -0.1) is 9.24 Å². The molecule has 1 aromatic carbocycles. The van der Waals surface area contributed by atoms with Crippen molar-refractivity contribution in [3.63, 3.8) is 0 Å². The van der Waals surface area contributed by atoms with E-state index in [0.29, 0.717) is 39.4 Å². The van der Waals surface area contributed by atoms with Crippen LogP contribution in [-0.4, -0.2) is 51.6 Å². The van der Waals surface area contributed by atoms with Gasteiger partial charge >= 0.3 is 18.9 Å². The van der Waals surface area contributed by atoms with Crippen LogP contribution in [0, 0.1) is 0 Å². The summed E-state index contributed by atoms with van der Waals surface area (Å²) in [5.41, 5.74) is 0.803. The Bertz CT molecular complexity index is 494. The van der Waals surface area contributed by atoms with Gasteiger partial charge in [-0.3, -0.25) is 4.79 Å². The fraction of sp³-hybridized carbons (Fsp3) is 0.500. The molecule has 0 heterocycles. The number of benzene rings is 1. The van der Waals surface area contributed by atoms with Crippen LogP contribution in [-0.2, 0) is 0 Å². The van der Waals surface area contributed by atoms with Crippen molar-refractivity contribution >= 4 is 49.8 Å². The second-order valence-corrected chi connectivity index (χ2v) is 6.43. The minimum atomic E-state index is -0.0207. The quantitative estimate of drug-likeness (QED) is 0.420. The van der Waals surface area contributed by atoms with E-state index in [1.54, 1.807) is 6.07 Å². The van der Waals surface area contributed by atoms with Gasteiger partial charge in [-0.05, 0) is 28.0 Å². The number of ketones is 1. The first-order chi connectivity index (χ1) is 9.46. The van der Waals surface area contributed by atoms with E-state index in [-0.39, 0.29) is 24.6 Å². The molecule has 0 amide bonds. The van der Waals surface area contributed by atoms with E-state index in [2.05, 4.69) is 25.2 Å². The van der Waals surface area contributed by atoms with E-state index >= 15 is 0 Å². The number of hydrogen-bond donors (Lipinski definition) is 0. The molecule has 2 atom stereocenters. The molecule has 0 saturated heterocycles. The van der Waals surface area contributed by atoms with Crippen molar-refractivity contribution in [2.45, 2.75) is 25.4 Å². The summed E-state index contributed by atoms with van der Waals surface area (Å²) in [7, 11) is 7.27. The summed E-state index contributed by atoms with van der Waals surface area (Å²) >= 11 is 3.39. The first kappa shape index (κ1) is 20.8. The van der Waals surface area contributed by atoms with Crippen molar-refractivity contribution < 1.29 is 19.0 Å². The van der Waals surface area contributed by atoms with Gasteiger partial charge in [0.15, 0.2) is 17.3 Å². The zero-order chi connectivity index (χ0) is 15.3. The molecule has 0 aliphatic rings. The van der Waals surface area contributed by atoms with E-state index in [1.807, 2.05) is 6.92 Å². The van der Waals surface area contributed by atoms with Crippen LogP contribution in [0.1, 0.15) is 30.1 Å². The maximum atomic E-state index is 12.5. The van der Waals surface area contributed by atoms with E-state index < -0.39 is 0 Å². The van der Waals surface area contributed by atoms with Crippen LogP contribution in [0.3, 0.4) is 0 Å². The van der Waals surface area contributed by atoms with Gasteiger partial charge in [0.25, 0.3) is 0 Å². The van der Waals surface area contributed by atoms with Gasteiger partial charge in [-0.1, -0.05) is 6.92 Å². The Morgan fingerprint density at radius 1 is 1.24 bits per heavy atom. The summed E-state index contributed by atoms with van der Waals surface area (Å²) in [5, 5.41) is 0. The summed E-state index contributed by atoms with van der Waals surface area (Å²) < 4.78 is 16.6. The topological polar surface area (TPSA) is 44.8 Å². The molecule has 0 fully saturated rings. The summed E-state index contributed by atoms with van der Waals surface area (Å²) in [6, 6.07) is 1.73. The van der Waals surface area contributed by atoms with E-state index in [4.69, 9.17) is 14.2 Å². The molecule has 1 aromatic rings. The van der Waals surface area contributed by atoms with Gasteiger partial charge < -0.3 is 14.2 Å². The second-order valence-electron chi connectivity index (χ2n) is 4.44. The zero-order valence-electron chi connectivity index (χ0n) is 12.2. The summed E-state index contributed by atoms with van der Waals surface area (Å²) in [4.78, 5) is 12.5. The van der Waals surface area contributed by atoms with Crippen molar-refractivity contribution in [2.75, 3.05) is 21.3 Å². The molecule has 2 unspecified atom stereocenters. The average molecular weight is 371 g/mol. The predicted octanol–water partition coefficient (Wildman–Crippen LogP) is 3.05. The predicted molar refractivity (Wildman–Crippen MR) is 93.7 cm³/mol. The van der Waals surface area contributed by atoms with Gasteiger partial charge in [0.2, 0.25) is 0 Å². The number of rotatable bonds is 7. The number of methoxy groups -OCH3 is 3. The molecule has 21 heavy (non-hydrogen) atoms. The molecule has 114 valence electrons. The van der Waals surface area contributed by atoms with Crippen molar-refractivity contribution in [3.8, 4) is 17.2 Å². The molecule has 0 N–H and O–H groups in total. The number of carbonyl (C=O) groups excluding carboxylic acids is 1. The first-order valence-corrected chi connectivity index (χ1v) is 7.69. The van der Waals surface area contributed by atoms with Crippen molar-refractivity contribution in [3.05, 3.63) is 16.1 Å². The summed E-state index contributed by atoms with van der Waals surface area (Å²) in [6.45, 7) is 2.05. The second kappa shape index (κ2) is 9.74. The van der Waals surface area contributed by atoms with Gasteiger partial charge in [-0.2, -0.15) is 0 Å². The number of ether oxygens (including phenoxy) is 3. The summed E-state index contributed by atoms with van der Waals surface area (Å²) in [5.74, 6) is 1.37. The standard InChI is InChI=1S/C14H20BrO4P.Li.H/c1-8(20)5-6-10(16)12-13(18-3)9(15)7-11(17-2)14(12)19-4;;/h7-8H,5-6,20H2,1-4H3;;. The number of Topliss-reactive ketones (excluding diaryl/α,β-unsaturated/α-hetero) is 1. The number of halogens is 1. The Balaban J connectivity index is 0.00000400. The minimum absolute atomic E-state index is 0. The average Bonchev–Trinajstić information content (AvgIpc) is 2.43. The molecule has 0 aliphatic carbocycles. The first-order valence-electron chi connectivity index (χ1n) is 6.23. The van der Waals surface area contributed by atoms with Crippen LogP contribution in [0.15, 0.2) is 10.5 Å². The fourth-order valence-corrected chi connectivity index (χ4v) is 2.62. The van der Waals surface area contributed by atoms with Crippen molar-refractivity contribution in [1.82, 2.24) is 0 Å². The Kier molecular flexibility index (Phi) is 9.65. The molecule has 0 bridgehead atoms.